The summed E-state index contributed by atoms with van der Waals surface area (Å²) in [4.78, 5) is 24.6. The number of carbonyl (C=O) groups is 1. The van der Waals surface area contributed by atoms with Crippen molar-refractivity contribution in [2.24, 2.45) is 7.05 Å². The first kappa shape index (κ1) is 22.1. The fourth-order valence-corrected chi connectivity index (χ4v) is 2.91. The Kier molecular flexibility index (Phi) is 6.47. The summed E-state index contributed by atoms with van der Waals surface area (Å²) in [6, 6.07) is 13.5. The Morgan fingerprint density at radius 3 is 2.55 bits per heavy atom. The number of carbonyl (C=O) groups excluding carboxylic acids is 1. The van der Waals surface area contributed by atoms with Crippen LogP contribution in [0.1, 0.15) is 12.5 Å². The molecule has 1 unspecified atom stereocenters. The zero-order valence-electron chi connectivity index (χ0n) is 16.9. The first-order valence-electron chi connectivity index (χ1n) is 9.47. The van der Waals surface area contributed by atoms with Crippen LogP contribution in [0.5, 0.6) is 5.75 Å². The van der Waals surface area contributed by atoms with Crippen molar-refractivity contribution in [1.29, 1.82) is 0 Å². The van der Waals surface area contributed by atoms with Gasteiger partial charge in [0.1, 0.15) is 5.75 Å². The van der Waals surface area contributed by atoms with Crippen molar-refractivity contribution in [3.8, 4) is 17.1 Å². The predicted molar refractivity (Wildman–Crippen MR) is 107 cm³/mol. The van der Waals surface area contributed by atoms with Crippen LogP contribution in [-0.4, -0.2) is 32.9 Å². The van der Waals surface area contributed by atoms with E-state index in [0.717, 1.165) is 16.8 Å². The maximum Gasteiger partial charge on any atom is 0.416 e. The van der Waals surface area contributed by atoms with Gasteiger partial charge in [0.15, 0.2) is 11.9 Å². The lowest BCUT2D eigenvalue weighted by atomic mass is 10.1. The molecule has 0 saturated carbocycles. The van der Waals surface area contributed by atoms with E-state index in [1.54, 1.807) is 31.2 Å². The van der Waals surface area contributed by atoms with Gasteiger partial charge in [0.2, 0.25) is 0 Å². The van der Waals surface area contributed by atoms with Gasteiger partial charge in [-0.25, -0.2) is 9.48 Å². The molecule has 0 fully saturated rings. The van der Waals surface area contributed by atoms with Crippen LogP contribution in [0.4, 0.5) is 13.2 Å². The van der Waals surface area contributed by atoms with Crippen molar-refractivity contribution in [2.75, 3.05) is 6.54 Å². The summed E-state index contributed by atoms with van der Waals surface area (Å²) in [6.07, 6.45) is -5.25. The molecule has 1 heterocycles. The molecular weight excluding hydrogens is 413 g/mol. The van der Waals surface area contributed by atoms with Gasteiger partial charge in [-0.05, 0) is 31.2 Å². The molecular formula is C21H21F3N4O3. The van der Waals surface area contributed by atoms with Gasteiger partial charge in [0.05, 0.1) is 12.1 Å². The van der Waals surface area contributed by atoms with E-state index in [0.29, 0.717) is 5.75 Å². The molecule has 0 spiro atoms. The van der Waals surface area contributed by atoms with E-state index in [2.05, 4.69) is 10.4 Å². The third-order valence-electron chi connectivity index (χ3n) is 4.54. The number of aromatic nitrogens is 3. The average molecular weight is 434 g/mol. The van der Waals surface area contributed by atoms with Gasteiger partial charge in [0, 0.05) is 19.2 Å². The molecule has 3 aromatic rings. The number of nitrogens with zero attached hydrogens (tertiary/aromatic N) is 3. The van der Waals surface area contributed by atoms with Gasteiger partial charge in [-0.3, -0.25) is 9.36 Å². The Balaban J connectivity index is 1.65. The summed E-state index contributed by atoms with van der Waals surface area (Å²) in [5, 5.41) is 6.78. The summed E-state index contributed by atoms with van der Waals surface area (Å²) in [5.74, 6) is 0.283. The Labute approximate surface area is 176 Å². The fraction of sp³-hybridized carbons (Fsp3) is 0.286. The van der Waals surface area contributed by atoms with Crippen molar-refractivity contribution in [2.45, 2.75) is 25.7 Å². The van der Waals surface area contributed by atoms with Crippen LogP contribution in [0.2, 0.25) is 0 Å². The normalized spacial score (nSPS) is 12.4. The summed E-state index contributed by atoms with van der Waals surface area (Å²) in [6.45, 7) is 1.75. The minimum atomic E-state index is -4.50. The summed E-state index contributed by atoms with van der Waals surface area (Å²) in [7, 11) is 1.43. The molecule has 0 aliphatic carbocycles. The SMILES string of the molecule is CC(Oc1ccccc1)C(=O)NCCn1nc(-c2cccc(C(F)(F)F)c2)n(C)c1=O. The topological polar surface area (TPSA) is 78.2 Å². The third kappa shape index (κ3) is 5.33. The first-order valence-corrected chi connectivity index (χ1v) is 9.47. The maximum atomic E-state index is 13.0. The lowest BCUT2D eigenvalue weighted by Crippen LogP contribution is -2.39. The molecule has 0 radical (unpaired) electrons. The van der Waals surface area contributed by atoms with Gasteiger partial charge in [0.25, 0.3) is 5.91 Å². The standard InChI is InChI=1S/C21H21F3N4O3/c1-14(31-17-9-4-3-5-10-17)19(29)25-11-12-28-20(30)27(2)18(26-28)15-7-6-8-16(13-15)21(22,23)24/h3-10,13-14H,11-12H2,1-2H3,(H,25,29). The molecule has 0 saturated heterocycles. The van der Waals surface area contributed by atoms with E-state index in [1.165, 1.54) is 23.7 Å². The smallest absolute Gasteiger partial charge is 0.416 e. The molecule has 0 bridgehead atoms. The van der Waals surface area contributed by atoms with Crippen molar-refractivity contribution in [1.82, 2.24) is 19.7 Å². The van der Waals surface area contributed by atoms with Gasteiger partial charge in [-0.15, -0.1) is 5.10 Å². The van der Waals surface area contributed by atoms with Crippen molar-refractivity contribution < 1.29 is 22.7 Å². The van der Waals surface area contributed by atoms with Crippen LogP contribution in [-0.2, 0) is 24.6 Å². The molecule has 1 aromatic heterocycles. The van der Waals surface area contributed by atoms with Gasteiger partial charge < -0.3 is 10.1 Å². The van der Waals surface area contributed by atoms with E-state index in [4.69, 9.17) is 4.74 Å². The highest BCUT2D eigenvalue weighted by atomic mass is 19.4. The highest BCUT2D eigenvalue weighted by molar-refractivity contribution is 5.80. The molecule has 0 aliphatic heterocycles. The molecule has 3 rings (SSSR count). The second kappa shape index (κ2) is 9.07. The van der Waals surface area contributed by atoms with Crippen LogP contribution in [0.25, 0.3) is 11.4 Å². The number of amides is 1. The molecule has 7 nitrogen and oxygen atoms in total. The maximum absolute atomic E-state index is 13.0. The number of benzene rings is 2. The number of halogens is 3. The highest BCUT2D eigenvalue weighted by Crippen LogP contribution is 2.31. The first-order chi connectivity index (χ1) is 14.7. The second-order valence-corrected chi connectivity index (χ2v) is 6.83. The zero-order valence-corrected chi connectivity index (χ0v) is 16.9. The Hall–Kier alpha value is -3.56. The molecule has 10 heteroatoms. The minimum absolute atomic E-state index is 0.0510. The lowest BCUT2D eigenvalue weighted by molar-refractivity contribution is -0.137. The summed E-state index contributed by atoms with van der Waals surface area (Å²) >= 11 is 0. The molecule has 2 aromatic carbocycles. The summed E-state index contributed by atoms with van der Waals surface area (Å²) in [5.41, 5.74) is -1.16. The average Bonchev–Trinajstić information content (AvgIpc) is 3.02. The number of rotatable bonds is 7. The molecule has 1 atom stereocenters. The van der Waals surface area contributed by atoms with E-state index in [-0.39, 0.29) is 30.4 Å². The highest BCUT2D eigenvalue weighted by Gasteiger charge is 2.31. The number of nitrogens with one attached hydrogen (secondary N) is 1. The van der Waals surface area contributed by atoms with Crippen molar-refractivity contribution >= 4 is 5.91 Å². The number of ether oxygens (including phenoxy) is 1. The summed E-state index contributed by atoms with van der Waals surface area (Å²) < 4.78 is 46.7. The monoisotopic (exact) mass is 434 g/mol. The van der Waals surface area contributed by atoms with Crippen molar-refractivity contribution in [3.63, 3.8) is 0 Å². The molecule has 164 valence electrons. The number of hydrogen-bond acceptors (Lipinski definition) is 4. The van der Waals surface area contributed by atoms with Crippen LogP contribution >= 0.6 is 0 Å². The second-order valence-electron chi connectivity index (χ2n) is 6.83. The van der Waals surface area contributed by atoms with Crippen molar-refractivity contribution in [3.05, 3.63) is 70.6 Å². The van der Waals surface area contributed by atoms with E-state index >= 15 is 0 Å². The molecule has 31 heavy (non-hydrogen) atoms. The largest absolute Gasteiger partial charge is 0.481 e. The Bertz CT molecular complexity index is 1110. The number of alkyl halides is 3. The number of para-hydroxylation sites is 1. The van der Waals surface area contributed by atoms with E-state index in [9.17, 15) is 22.8 Å². The molecule has 1 amide bonds. The van der Waals surface area contributed by atoms with E-state index in [1.807, 2.05) is 6.07 Å². The van der Waals surface area contributed by atoms with Crippen LogP contribution in [0.15, 0.2) is 59.4 Å². The van der Waals surface area contributed by atoms with E-state index < -0.39 is 23.5 Å². The lowest BCUT2D eigenvalue weighted by Gasteiger charge is -2.14. The van der Waals surface area contributed by atoms with Crippen LogP contribution in [0, 0.1) is 0 Å². The Morgan fingerprint density at radius 1 is 1.16 bits per heavy atom. The van der Waals surface area contributed by atoms with Crippen LogP contribution in [0.3, 0.4) is 0 Å². The van der Waals surface area contributed by atoms with Gasteiger partial charge >= 0.3 is 11.9 Å². The molecule has 1 N–H and O–H groups in total. The predicted octanol–water partition coefficient (Wildman–Crippen LogP) is 2.85. The zero-order chi connectivity index (χ0) is 22.6. The van der Waals surface area contributed by atoms with Gasteiger partial charge in [-0.2, -0.15) is 13.2 Å². The quantitative estimate of drug-likeness (QED) is 0.620. The van der Waals surface area contributed by atoms with Gasteiger partial charge in [-0.1, -0.05) is 30.3 Å². The number of hydrogen-bond donors (Lipinski definition) is 1. The van der Waals surface area contributed by atoms with Crippen LogP contribution < -0.4 is 15.7 Å². The third-order valence-corrected chi connectivity index (χ3v) is 4.54. The minimum Gasteiger partial charge on any atom is -0.481 e. The Morgan fingerprint density at radius 2 is 1.87 bits per heavy atom. The molecule has 0 aliphatic rings. The fourth-order valence-electron chi connectivity index (χ4n) is 2.91.